The van der Waals surface area contributed by atoms with Gasteiger partial charge in [-0.25, -0.2) is 0 Å². The van der Waals surface area contributed by atoms with Gasteiger partial charge in [-0.1, -0.05) is 12.8 Å². The normalized spacial score (nSPS) is 20.4. The van der Waals surface area contributed by atoms with Crippen molar-refractivity contribution in [3.8, 4) is 5.75 Å². The quantitative estimate of drug-likeness (QED) is 0.807. The minimum absolute atomic E-state index is 0. The van der Waals surface area contributed by atoms with Crippen molar-refractivity contribution in [2.24, 2.45) is 11.7 Å². The highest BCUT2D eigenvalue weighted by molar-refractivity contribution is 5.97. The minimum Gasteiger partial charge on any atom is -0.492 e. The van der Waals surface area contributed by atoms with Gasteiger partial charge in [0.1, 0.15) is 12.4 Å². The molecular weight excluding hydrogens is 342 g/mol. The Labute approximate surface area is 154 Å². The molecule has 3 rings (SSSR count). The lowest BCUT2D eigenvalue weighted by Crippen LogP contribution is -2.35. The number of ether oxygens (including phenoxy) is 1. The zero-order chi connectivity index (χ0) is 16.9. The summed E-state index contributed by atoms with van der Waals surface area (Å²) in [5.74, 6) is 0.500. The van der Waals surface area contributed by atoms with Gasteiger partial charge in [-0.05, 0) is 37.1 Å². The van der Waals surface area contributed by atoms with Crippen molar-refractivity contribution < 1.29 is 14.3 Å². The Balaban J connectivity index is 0.00000225. The Bertz CT molecular complexity index is 588. The lowest BCUT2D eigenvalue weighted by molar-refractivity contribution is -0.129. The monoisotopic (exact) mass is 367 g/mol. The van der Waals surface area contributed by atoms with Crippen LogP contribution >= 0.6 is 12.4 Å². The molecule has 0 spiro atoms. The number of nitrogens with one attached hydrogen (secondary N) is 1. The molecule has 1 aliphatic heterocycles. The molecule has 7 heteroatoms. The van der Waals surface area contributed by atoms with E-state index in [0.717, 1.165) is 18.6 Å². The number of nitrogens with zero attached hydrogens (tertiary/aromatic N) is 1. The highest BCUT2D eigenvalue weighted by Crippen LogP contribution is 2.30. The van der Waals surface area contributed by atoms with Gasteiger partial charge in [-0.15, -0.1) is 12.4 Å². The van der Waals surface area contributed by atoms with Crippen LogP contribution in [0.15, 0.2) is 24.3 Å². The number of hydrogen-bond acceptors (Lipinski definition) is 4. The molecule has 1 aromatic rings. The average Bonchev–Trinajstić information content (AvgIpc) is 3.23. The number of likely N-dealkylation sites (tertiary alicyclic amines) is 1. The van der Waals surface area contributed by atoms with E-state index in [0.29, 0.717) is 37.8 Å². The highest BCUT2D eigenvalue weighted by atomic mass is 35.5. The first-order chi connectivity index (χ1) is 11.7. The lowest BCUT2D eigenvalue weighted by Gasteiger charge is -2.23. The van der Waals surface area contributed by atoms with E-state index in [9.17, 15) is 9.59 Å². The number of benzene rings is 1. The molecule has 138 valence electrons. The summed E-state index contributed by atoms with van der Waals surface area (Å²) in [5.41, 5.74) is 6.11. The van der Waals surface area contributed by atoms with Crippen LogP contribution in [0.4, 0.5) is 5.69 Å². The lowest BCUT2D eigenvalue weighted by atomic mass is 10.1. The van der Waals surface area contributed by atoms with Gasteiger partial charge in [0, 0.05) is 31.2 Å². The molecule has 1 aromatic carbocycles. The van der Waals surface area contributed by atoms with Gasteiger partial charge in [0.15, 0.2) is 0 Å². The number of halogens is 1. The summed E-state index contributed by atoms with van der Waals surface area (Å²) in [4.78, 5) is 26.6. The van der Waals surface area contributed by atoms with E-state index in [1.54, 1.807) is 24.3 Å². The van der Waals surface area contributed by atoms with Crippen LogP contribution in [-0.2, 0) is 9.59 Å². The van der Waals surface area contributed by atoms with E-state index in [4.69, 9.17) is 10.5 Å². The average molecular weight is 368 g/mol. The van der Waals surface area contributed by atoms with Crippen molar-refractivity contribution in [2.45, 2.75) is 38.1 Å². The van der Waals surface area contributed by atoms with Crippen LogP contribution in [0.25, 0.3) is 0 Å². The number of rotatable bonds is 6. The second-order valence-electron chi connectivity index (χ2n) is 6.54. The van der Waals surface area contributed by atoms with Crippen molar-refractivity contribution >= 4 is 29.9 Å². The summed E-state index contributed by atoms with van der Waals surface area (Å²) in [6, 6.07) is 7.55. The molecule has 1 heterocycles. The molecule has 1 atom stereocenters. The van der Waals surface area contributed by atoms with E-state index >= 15 is 0 Å². The van der Waals surface area contributed by atoms with Crippen molar-refractivity contribution in [3.63, 3.8) is 0 Å². The molecule has 2 aliphatic rings. The van der Waals surface area contributed by atoms with E-state index in [1.165, 1.54) is 12.8 Å². The third-order valence-electron chi connectivity index (χ3n) is 4.80. The minimum atomic E-state index is -0.258. The fourth-order valence-electron chi connectivity index (χ4n) is 3.53. The van der Waals surface area contributed by atoms with Crippen LogP contribution in [0.2, 0.25) is 0 Å². The molecule has 1 saturated heterocycles. The SMILES string of the molecule is Cl.NCCOc1ccc(NC(=O)C2CC(=O)N(C3CCCC3)C2)cc1. The Morgan fingerprint density at radius 3 is 2.56 bits per heavy atom. The van der Waals surface area contributed by atoms with Crippen molar-refractivity contribution in [3.05, 3.63) is 24.3 Å². The van der Waals surface area contributed by atoms with Gasteiger partial charge in [0.25, 0.3) is 0 Å². The summed E-state index contributed by atoms with van der Waals surface area (Å²) in [5, 5.41) is 2.90. The zero-order valence-electron chi connectivity index (χ0n) is 14.3. The van der Waals surface area contributed by atoms with Gasteiger partial charge in [0.2, 0.25) is 11.8 Å². The first-order valence-electron chi connectivity index (χ1n) is 8.70. The molecule has 1 unspecified atom stereocenters. The second kappa shape index (κ2) is 9.06. The maximum atomic E-state index is 12.4. The Hall–Kier alpha value is -1.79. The topological polar surface area (TPSA) is 84.7 Å². The Morgan fingerprint density at radius 1 is 1.24 bits per heavy atom. The smallest absolute Gasteiger partial charge is 0.229 e. The third kappa shape index (κ3) is 4.86. The van der Waals surface area contributed by atoms with Crippen molar-refractivity contribution in [1.29, 1.82) is 0 Å². The van der Waals surface area contributed by atoms with E-state index in [-0.39, 0.29) is 30.1 Å². The van der Waals surface area contributed by atoms with Crippen LogP contribution in [0, 0.1) is 5.92 Å². The maximum absolute atomic E-state index is 12.4. The molecule has 1 aliphatic carbocycles. The summed E-state index contributed by atoms with van der Waals surface area (Å²) < 4.78 is 5.41. The van der Waals surface area contributed by atoms with Crippen molar-refractivity contribution in [2.75, 3.05) is 25.0 Å². The van der Waals surface area contributed by atoms with Crippen molar-refractivity contribution in [1.82, 2.24) is 4.90 Å². The molecular formula is C18H26ClN3O3. The van der Waals surface area contributed by atoms with Gasteiger partial charge >= 0.3 is 0 Å². The summed E-state index contributed by atoms with van der Waals surface area (Å²) >= 11 is 0. The predicted octanol–water partition coefficient (Wildman–Crippen LogP) is 2.18. The van der Waals surface area contributed by atoms with Crippen LogP contribution in [0.1, 0.15) is 32.1 Å². The Kier molecular flexibility index (Phi) is 7.08. The predicted molar refractivity (Wildman–Crippen MR) is 98.9 cm³/mol. The highest BCUT2D eigenvalue weighted by Gasteiger charge is 2.38. The summed E-state index contributed by atoms with van der Waals surface area (Å²) in [7, 11) is 0. The number of nitrogens with two attached hydrogens (primary N) is 1. The third-order valence-corrected chi connectivity index (χ3v) is 4.80. The van der Waals surface area contributed by atoms with Crippen LogP contribution in [0.5, 0.6) is 5.75 Å². The van der Waals surface area contributed by atoms with Gasteiger partial charge in [-0.2, -0.15) is 0 Å². The molecule has 25 heavy (non-hydrogen) atoms. The van der Waals surface area contributed by atoms with Gasteiger partial charge in [0.05, 0.1) is 5.92 Å². The number of anilines is 1. The number of hydrogen-bond donors (Lipinski definition) is 2. The summed E-state index contributed by atoms with van der Waals surface area (Å²) in [6.45, 7) is 1.48. The van der Waals surface area contributed by atoms with E-state index in [2.05, 4.69) is 5.32 Å². The van der Waals surface area contributed by atoms with Crippen LogP contribution < -0.4 is 15.8 Å². The van der Waals surface area contributed by atoms with Gasteiger partial charge < -0.3 is 20.7 Å². The molecule has 0 bridgehead atoms. The molecule has 3 N–H and O–H groups in total. The molecule has 0 aromatic heterocycles. The number of carbonyl (C=O) groups excluding carboxylic acids is 2. The second-order valence-corrected chi connectivity index (χ2v) is 6.54. The molecule has 0 radical (unpaired) electrons. The van der Waals surface area contributed by atoms with Gasteiger partial charge in [-0.3, -0.25) is 9.59 Å². The molecule has 2 amide bonds. The van der Waals surface area contributed by atoms with Crippen LogP contribution in [-0.4, -0.2) is 42.5 Å². The molecule has 1 saturated carbocycles. The molecule has 6 nitrogen and oxygen atoms in total. The first-order valence-corrected chi connectivity index (χ1v) is 8.70. The molecule has 2 fully saturated rings. The number of amides is 2. The fourth-order valence-corrected chi connectivity index (χ4v) is 3.53. The van der Waals surface area contributed by atoms with Crippen LogP contribution in [0.3, 0.4) is 0 Å². The van der Waals surface area contributed by atoms with E-state index < -0.39 is 0 Å². The zero-order valence-corrected chi connectivity index (χ0v) is 15.1. The first kappa shape index (κ1) is 19.5. The maximum Gasteiger partial charge on any atom is 0.229 e. The largest absolute Gasteiger partial charge is 0.492 e. The standard InChI is InChI=1S/C18H25N3O3.ClH/c19-9-10-24-16-7-5-14(6-8-16)20-18(23)13-11-17(22)21(12-13)15-3-1-2-4-15;/h5-8,13,15H,1-4,9-12,19H2,(H,20,23);1H. The number of carbonyl (C=O) groups is 2. The van der Waals surface area contributed by atoms with E-state index in [1.807, 2.05) is 4.90 Å². The Morgan fingerprint density at radius 2 is 1.92 bits per heavy atom. The summed E-state index contributed by atoms with van der Waals surface area (Å²) in [6.07, 6.45) is 4.84. The fraction of sp³-hybridized carbons (Fsp3) is 0.556.